The first-order chi connectivity index (χ1) is 11.9. The molecule has 0 amide bonds. The Bertz CT molecular complexity index is 742. The topological polar surface area (TPSA) is 78.6 Å². The van der Waals surface area contributed by atoms with Gasteiger partial charge >= 0.3 is 7.12 Å². The van der Waals surface area contributed by atoms with Crippen LogP contribution in [-0.4, -0.2) is 35.0 Å². The van der Waals surface area contributed by atoms with Crippen molar-refractivity contribution in [3.8, 4) is 0 Å². The molecule has 0 radical (unpaired) electrons. The monoisotopic (exact) mass is 375 g/mol. The van der Waals surface area contributed by atoms with Crippen molar-refractivity contribution < 1.29 is 18.9 Å². The van der Waals surface area contributed by atoms with Crippen LogP contribution in [-0.2, 0) is 14.1 Å². The van der Waals surface area contributed by atoms with Crippen LogP contribution >= 0.6 is 11.8 Å². The minimum absolute atomic E-state index is 0.0207. The van der Waals surface area contributed by atoms with Crippen LogP contribution in [0.2, 0.25) is 0 Å². The first-order valence-corrected chi connectivity index (χ1v) is 9.51. The number of hydrogen-bond acceptors (Lipinski definition) is 6. The maximum Gasteiger partial charge on any atom is 0.491 e. The van der Waals surface area contributed by atoms with E-state index < -0.39 is 18.3 Å². The zero-order chi connectivity index (χ0) is 19.7. The Hall–Kier alpha value is -1.57. The summed E-state index contributed by atoms with van der Waals surface area (Å²) in [5, 5.41) is 0.0207. The van der Waals surface area contributed by atoms with E-state index in [2.05, 4.69) is 0 Å². The predicted molar refractivity (Wildman–Crippen MR) is 108 cm³/mol. The molecule has 2 rings (SSSR count). The summed E-state index contributed by atoms with van der Waals surface area (Å²) in [4.78, 5) is 23.0. The molecule has 5 nitrogen and oxygen atoms in total. The molecule has 1 aromatic carbocycles. The van der Waals surface area contributed by atoms with Gasteiger partial charge in [-0.25, -0.2) is 0 Å². The van der Waals surface area contributed by atoms with Crippen molar-refractivity contribution in [2.24, 2.45) is 0 Å². The van der Waals surface area contributed by atoms with E-state index in [1.165, 1.54) is 25.6 Å². The third-order valence-electron chi connectivity index (χ3n) is 4.83. The van der Waals surface area contributed by atoms with E-state index >= 15 is 0 Å². The van der Waals surface area contributed by atoms with Crippen LogP contribution in [0.25, 0.3) is 6.08 Å². The molecule has 0 atom stereocenters. The first kappa shape index (κ1) is 20.7. The summed E-state index contributed by atoms with van der Waals surface area (Å²) in [6, 6.07) is 5.20. The molecule has 140 valence electrons. The van der Waals surface area contributed by atoms with Crippen LogP contribution in [0.1, 0.15) is 57.5 Å². The highest BCUT2D eigenvalue weighted by atomic mass is 32.2. The second-order valence-electron chi connectivity index (χ2n) is 7.49. The number of anilines is 1. The van der Waals surface area contributed by atoms with Gasteiger partial charge in [-0.3, -0.25) is 9.59 Å². The van der Waals surface area contributed by atoms with Crippen LogP contribution < -0.4 is 5.73 Å². The van der Waals surface area contributed by atoms with Crippen molar-refractivity contribution in [3.63, 3.8) is 0 Å². The number of hydrogen-bond donors (Lipinski definition) is 1. The lowest BCUT2D eigenvalue weighted by molar-refractivity contribution is -0.109. The summed E-state index contributed by atoms with van der Waals surface area (Å²) in [6.07, 6.45) is 1.89. The molecule has 1 aromatic rings. The van der Waals surface area contributed by atoms with Crippen LogP contribution in [0.3, 0.4) is 0 Å². The summed E-state index contributed by atoms with van der Waals surface area (Å²) in [6.45, 7) is 11.0. The summed E-state index contributed by atoms with van der Waals surface area (Å²) < 4.78 is 12.2. The molecule has 1 heterocycles. The minimum atomic E-state index is -0.557. The van der Waals surface area contributed by atoms with E-state index in [1.54, 1.807) is 18.2 Å². The van der Waals surface area contributed by atoms with Crippen molar-refractivity contribution in [2.75, 3.05) is 11.5 Å². The lowest BCUT2D eigenvalue weighted by Crippen LogP contribution is -2.41. The Kier molecular flexibility index (Phi) is 6.05. The normalized spacial score (nSPS) is 18.8. The van der Waals surface area contributed by atoms with Gasteiger partial charge < -0.3 is 15.0 Å². The number of rotatable bonds is 5. The zero-order valence-corrected chi connectivity index (χ0v) is 17.0. The largest absolute Gasteiger partial charge is 0.491 e. The molecule has 2 N–H and O–H groups in total. The van der Waals surface area contributed by atoms with Crippen LogP contribution in [0, 0.1) is 0 Å². The highest BCUT2D eigenvalue weighted by Gasteiger charge is 2.52. The molecule has 0 unspecified atom stereocenters. The maximum atomic E-state index is 11.5. The molecule has 0 saturated carbocycles. The third-order valence-corrected chi connectivity index (χ3v) is 5.72. The number of carbonyl (C=O) groups is 2. The average Bonchev–Trinajstić information content (AvgIpc) is 2.72. The average molecular weight is 375 g/mol. The lowest BCUT2D eigenvalue weighted by Gasteiger charge is -2.32. The lowest BCUT2D eigenvalue weighted by atomic mass is 9.78. The maximum absolute atomic E-state index is 11.5. The van der Waals surface area contributed by atoms with E-state index in [1.807, 2.05) is 33.8 Å². The van der Waals surface area contributed by atoms with Gasteiger partial charge in [0.15, 0.2) is 10.9 Å². The van der Waals surface area contributed by atoms with Gasteiger partial charge in [-0.2, -0.15) is 0 Å². The van der Waals surface area contributed by atoms with Crippen molar-refractivity contribution >= 4 is 41.5 Å². The number of nitrogens with two attached hydrogens (primary N) is 1. The van der Waals surface area contributed by atoms with Gasteiger partial charge in [-0.05, 0) is 51.7 Å². The van der Waals surface area contributed by atoms with E-state index in [-0.39, 0.29) is 10.9 Å². The molecule has 1 aliphatic rings. The number of ketones is 1. The van der Waals surface area contributed by atoms with Crippen LogP contribution in [0.15, 0.2) is 23.7 Å². The third kappa shape index (κ3) is 4.58. The Morgan fingerprint density at radius 2 is 1.73 bits per heavy atom. The molecular formula is C19H26BNO4S. The van der Waals surface area contributed by atoms with Crippen molar-refractivity contribution in [3.05, 3.63) is 34.8 Å². The van der Waals surface area contributed by atoms with E-state index in [0.29, 0.717) is 17.0 Å². The quantitative estimate of drug-likeness (QED) is 0.480. The smallest absolute Gasteiger partial charge is 0.400 e. The van der Waals surface area contributed by atoms with E-state index in [4.69, 9.17) is 15.0 Å². The number of thioether (sulfide) groups is 1. The van der Waals surface area contributed by atoms with Gasteiger partial charge in [-0.15, -0.1) is 0 Å². The molecule has 0 bridgehead atoms. The molecule has 0 spiro atoms. The van der Waals surface area contributed by atoms with Crippen LogP contribution in [0.5, 0.6) is 0 Å². The number of carbonyl (C=O) groups excluding carboxylic acids is 2. The minimum Gasteiger partial charge on any atom is -0.400 e. The highest BCUT2D eigenvalue weighted by Crippen LogP contribution is 2.39. The molecule has 26 heavy (non-hydrogen) atoms. The fourth-order valence-corrected chi connectivity index (χ4v) is 3.07. The molecule has 1 saturated heterocycles. The number of benzene rings is 1. The second kappa shape index (κ2) is 7.58. The van der Waals surface area contributed by atoms with Gasteiger partial charge in [0, 0.05) is 23.9 Å². The predicted octanol–water partition coefficient (Wildman–Crippen LogP) is 3.77. The second-order valence-corrected chi connectivity index (χ2v) is 8.64. The van der Waals surface area contributed by atoms with Gasteiger partial charge in [0.2, 0.25) is 0 Å². The van der Waals surface area contributed by atoms with Crippen molar-refractivity contribution in [2.45, 2.75) is 52.7 Å². The molecule has 0 aliphatic carbocycles. The summed E-state index contributed by atoms with van der Waals surface area (Å²) in [7, 11) is -0.557. The number of Topliss-reactive ketones (excluding diaryl/α,β-unsaturated/α-hetero) is 1. The SMILES string of the molecule is CC(=O)SCC(=Cc1ccc(C(C)=O)cc1N)B1OC(C)(C)C(C)(C)O1. The Labute approximate surface area is 159 Å². The van der Waals surface area contributed by atoms with Gasteiger partial charge in [0.1, 0.15) is 0 Å². The van der Waals surface area contributed by atoms with E-state index in [9.17, 15) is 9.59 Å². The number of nitrogen functional groups attached to an aromatic ring is 1. The Balaban J connectivity index is 2.38. The van der Waals surface area contributed by atoms with Gasteiger partial charge in [0.25, 0.3) is 0 Å². The first-order valence-electron chi connectivity index (χ1n) is 8.53. The Morgan fingerprint density at radius 3 is 2.19 bits per heavy atom. The Morgan fingerprint density at radius 1 is 1.15 bits per heavy atom. The molecule has 1 fully saturated rings. The molecule has 0 aromatic heterocycles. The summed E-state index contributed by atoms with van der Waals surface area (Å²) >= 11 is 1.20. The summed E-state index contributed by atoms with van der Waals surface area (Å²) in [5.41, 5.74) is 7.83. The molecule has 1 aliphatic heterocycles. The van der Waals surface area contributed by atoms with Crippen molar-refractivity contribution in [1.29, 1.82) is 0 Å². The van der Waals surface area contributed by atoms with Gasteiger partial charge in [-0.1, -0.05) is 30.0 Å². The molecular weight excluding hydrogens is 349 g/mol. The zero-order valence-electron chi connectivity index (χ0n) is 16.2. The van der Waals surface area contributed by atoms with Gasteiger partial charge in [0.05, 0.1) is 11.2 Å². The highest BCUT2D eigenvalue weighted by molar-refractivity contribution is 8.13. The van der Waals surface area contributed by atoms with Crippen molar-refractivity contribution in [1.82, 2.24) is 0 Å². The fraction of sp³-hybridized carbons (Fsp3) is 0.474. The fourth-order valence-electron chi connectivity index (χ4n) is 2.48. The summed E-state index contributed by atoms with van der Waals surface area (Å²) in [5.74, 6) is 0.408. The standard InChI is InChI=1S/C19H26BNO4S/c1-12(22)14-7-8-15(17(21)10-14)9-16(11-26-13(2)23)20-24-18(3,4)19(5,6)25-20/h7-10H,11,21H2,1-6H3. The molecule has 7 heteroatoms. The van der Waals surface area contributed by atoms with Crippen LogP contribution in [0.4, 0.5) is 5.69 Å². The van der Waals surface area contributed by atoms with E-state index in [0.717, 1.165) is 11.0 Å².